The molecule has 1 saturated heterocycles. The van der Waals surface area contributed by atoms with Crippen LogP contribution in [0.25, 0.3) is 0 Å². The number of methoxy groups -OCH3 is 1. The molecule has 142 valence electrons. The molecular formula is C19H33IN4O. The Morgan fingerprint density at radius 3 is 2.52 bits per heavy atom. The number of nitrogens with one attached hydrogen (secondary N) is 2. The van der Waals surface area contributed by atoms with Crippen LogP contribution in [0.4, 0.5) is 0 Å². The highest BCUT2D eigenvalue weighted by molar-refractivity contribution is 14.0. The molecule has 25 heavy (non-hydrogen) atoms. The molecule has 0 spiro atoms. The van der Waals surface area contributed by atoms with Crippen LogP contribution >= 0.6 is 24.0 Å². The summed E-state index contributed by atoms with van der Waals surface area (Å²) in [7, 11) is 3.51. The molecule has 2 rings (SSSR count). The molecule has 0 aromatic heterocycles. The Bertz CT molecular complexity index is 518. The van der Waals surface area contributed by atoms with Gasteiger partial charge >= 0.3 is 0 Å². The van der Waals surface area contributed by atoms with Crippen molar-refractivity contribution in [2.45, 2.75) is 45.3 Å². The number of benzene rings is 1. The fraction of sp³-hybridized carbons (Fsp3) is 0.632. The predicted molar refractivity (Wildman–Crippen MR) is 116 cm³/mol. The molecule has 5 nitrogen and oxygen atoms in total. The van der Waals surface area contributed by atoms with E-state index in [-0.39, 0.29) is 30.0 Å². The summed E-state index contributed by atoms with van der Waals surface area (Å²) >= 11 is 0. The van der Waals surface area contributed by atoms with Gasteiger partial charge in [-0.15, -0.1) is 24.0 Å². The Morgan fingerprint density at radius 1 is 1.20 bits per heavy atom. The summed E-state index contributed by atoms with van der Waals surface area (Å²) in [6.45, 7) is 7.01. The van der Waals surface area contributed by atoms with Crippen LogP contribution in [0.1, 0.15) is 37.3 Å². The number of rotatable bonds is 7. The maximum absolute atomic E-state index is 5.16. The monoisotopic (exact) mass is 460 g/mol. The lowest BCUT2D eigenvalue weighted by Crippen LogP contribution is -2.43. The third-order valence-electron chi connectivity index (χ3n) is 4.43. The van der Waals surface area contributed by atoms with Crippen molar-refractivity contribution in [1.82, 2.24) is 15.5 Å². The predicted octanol–water partition coefficient (Wildman–Crippen LogP) is 2.99. The van der Waals surface area contributed by atoms with Crippen LogP contribution in [0.3, 0.4) is 0 Å². The first-order chi connectivity index (χ1) is 11.7. The van der Waals surface area contributed by atoms with Crippen LogP contribution in [0.2, 0.25) is 0 Å². The van der Waals surface area contributed by atoms with Gasteiger partial charge in [0.15, 0.2) is 5.96 Å². The maximum Gasteiger partial charge on any atom is 0.191 e. The molecule has 1 aromatic carbocycles. The second kappa shape index (κ2) is 12.5. The van der Waals surface area contributed by atoms with Gasteiger partial charge in [0.25, 0.3) is 0 Å². The van der Waals surface area contributed by atoms with Crippen LogP contribution in [0.5, 0.6) is 0 Å². The molecule has 0 bridgehead atoms. The smallest absolute Gasteiger partial charge is 0.191 e. The Hall–Kier alpha value is -0.860. The van der Waals surface area contributed by atoms with Crippen LogP contribution in [-0.4, -0.2) is 50.8 Å². The number of piperidine rings is 1. The summed E-state index contributed by atoms with van der Waals surface area (Å²) < 4.78 is 5.16. The van der Waals surface area contributed by atoms with E-state index in [0.29, 0.717) is 6.61 Å². The van der Waals surface area contributed by atoms with Crippen LogP contribution in [0.15, 0.2) is 29.3 Å². The first-order valence-corrected chi connectivity index (χ1v) is 8.98. The van der Waals surface area contributed by atoms with Gasteiger partial charge in [0, 0.05) is 33.3 Å². The number of likely N-dealkylation sites (tertiary alicyclic amines) is 1. The molecule has 0 saturated carbocycles. The van der Waals surface area contributed by atoms with Crippen LogP contribution < -0.4 is 10.6 Å². The molecule has 1 aromatic rings. The molecule has 1 unspecified atom stereocenters. The minimum atomic E-state index is 0. The zero-order valence-electron chi connectivity index (χ0n) is 15.8. The topological polar surface area (TPSA) is 48.9 Å². The number of halogens is 1. The van der Waals surface area contributed by atoms with Gasteiger partial charge < -0.3 is 15.4 Å². The van der Waals surface area contributed by atoms with Crippen molar-refractivity contribution in [3.8, 4) is 0 Å². The van der Waals surface area contributed by atoms with Crippen LogP contribution in [0, 0.1) is 0 Å². The molecule has 6 heteroatoms. The number of hydrogen-bond acceptors (Lipinski definition) is 3. The van der Waals surface area contributed by atoms with Crippen molar-refractivity contribution in [2.24, 2.45) is 4.99 Å². The van der Waals surface area contributed by atoms with Crippen molar-refractivity contribution < 1.29 is 4.74 Å². The summed E-state index contributed by atoms with van der Waals surface area (Å²) in [5, 5.41) is 6.76. The van der Waals surface area contributed by atoms with Gasteiger partial charge in [-0.1, -0.05) is 30.7 Å². The first kappa shape index (κ1) is 22.2. The second-order valence-corrected chi connectivity index (χ2v) is 6.53. The zero-order valence-corrected chi connectivity index (χ0v) is 18.1. The summed E-state index contributed by atoms with van der Waals surface area (Å²) in [6, 6.07) is 8.93. The maximum atomic E-state index is 5.16. The lowest BCUT2D eigenvalue weighted by molar-refractivity contribution is 0.179. The third-order valence-corrected chi connectivity index (χ3v) is 4.43. The fourth-order valence-corrected chi connectivity index (χ4v) is 3.14. The first-order valence-electron chi connectivity index (χ1n) is 8.98. The highest BCUT2D eigenvalue weighted by atomic mass is 127. The highest BCUT2D eigenvalue weighted by Gasteiger charge is 2.12. The number of ether oxygens (including phenoxy) is 1. The Labute approximate surface area is 169 Å². The summed E-state index contributed by atoms with van der Waals surface area (Å²) in [5.74, 6) is 0.812. The molecular weight excluding hydrogens is 427 g/mol. The number of hydrogen-bond donors (Lipinski definition) is 2. The van der Waals surface area contributed by atoms with E-state index in [9.17, 15) is 0 Å². The minimum Gasteiger partial charge on any atom is -0.383 e. The van der Waals surface area contributed by atoms with Gasteiger partial charge in [-0.05, 0) is 44.0 Å². The van der Waals surface area contributed by atoms with E-state index in [1.54, 1.807) is 14.2 Å². The zero-order chi connectivity index (χ0) is 17.2. The lowest BCUT2D eigenvalue weighted by atomic mass is 10.0. The molecule has 0 radical (unpaired) electrons. The fourth-order valence-electron chi connectivity index (χ4n) is 3.14. The largest absolute Gasteiger partial charge is 0.383 e. The van der Waals surface area contributed by atoms with Gasteiger partial charge in [-0.2, -0.15) is 0 Å². The Balaban J connectivity index is 0.00000312. The lowest BCUT2D eigenvalue weighted by Gasteiger charge is -2.27. The Kier molecular flexibility index (Phi) is 11.1. The van der Waals surface area contributed by atoms with Gasteiger partial charge in [0.1, 0.15) is 0 Å². The molecule has 1 aliphatic heterocycles. The SMILES string of the molecule is CN=C(NCc1ccccc1CN1CCCCC1)NC(C)COC.I. The highest BCUT2D eigenvalue weighted by Crippen LogP contribution is 2.16. The summed E-state index contributed by atoms with van der Waals surface area (Å²) in [5.41, 5.74) is 2.75. The summed E-state index contributed by atoms with van der Waals surface area (Å²) in [6.07, 6.45) is 4.03. The van der Waals surface area contributed by atoms with Crippen molar-refractivity contribution in [3.63, 3.8) is 0 Å². The second-order valence-electron chi connectivity index (χ2n) is 6.53. The molecule has 1 heterocycles. The summed E-state index contributed by atoms with van der Waals surface area (Å²) in [4.78, 5) is 6.86. The molecule has 0 amide bonds. The van der Waals surface area contributed by atoms with E-state index in [1.807, 2.05) is 0 Å². The molecule has 1 fully saturated rings. The number of nitrogens with zero attached hydrogens (tertiary/aromatic N) is 2. The normalized spacial score (nSPS) is 16.8. The van der Waals surface area contributed by atoms with E-state index in [2.05, 4.69) is 51.7 Å². The van der Waals surface area contributed by atoms with Crippen molar-refractivity contribution in [3.05, 3.63) is 35.4 Å². The Morgan fingerprint density at radius 2 is 1.88 bits per heavy atom. The van der Waals surface area contributed by atoms with Crippen molar-refractivity contribution >= 4 is 29.9 Å². The average Bonchev–Trinajstić information content (AvgIpc) is 2.61. The third kappa shape index (κ3) is 7.92. The number of aliphatic imine (C=N–C) groups is 1. The van der Waals surface area contributed by atoms with E-state index in [1.165, 1.54) is 43.5 Å². The van der Waals surface area contributed by atoms with E-state index in [4.69, 9.17) is 4.74 Å². The van der Waals surface area contributed by atoms with Gasteiger partial charge in [0.05, 0.1) is 6.61 Å². The van der Waals surface area contributed by atoms with Crippen LogP contribution in [-0.2, 0) is 17.8 Å². The van der Waals surface area contributed by atoms with Gasteiger partial charge in [-0.25, -0.2) is 0 Å². The molecule has 1 atom stereocenters. The minimum absolute atomic E-state index is 0. The standard InChI is InChI=1S/C19H32N4O.HI/c1-16(15-24-3)22-19(20-2)21-13-17-9-5-6-10-18(17)14-23-11-7-4-8-12-23;/h5-6,9-10,16H,4,7-8,11-15H2,1-3H3,(H2,20,21,22);1H. The van der Waals surface area contributed by atoms with E-state index in [0.717, 1.165) is 19.0 Å². The molecule has 0 aliphatic carbocycles. The van der Waals surface area contributed by atoms with Crippen molar-refractivity contribution in [1.29, 1.82) is 0 Å². The molecule has 2 N–H and O–H groups in total. The quantitative estimate of drug-likeness (QED) is 0.373. The van der Waals surface area contributed by atoms with Gasteiger partial charge in [-0.3, -0.25) is 9.89 Å². The van der Waals surface area contributed by atoms with E-state index >= 15 is 0 Å². The van der Waals surface area contributed by atoms with Gasteiger partial charge in [0.2, 0.25) is 0 Å². The average molecular weight is 460 g/mol. The molecule has 1 aliphatic rings. The van der Waals surface area contributed by atoms with E-state index < -0.39 is 0 Å². The number of guanidine groups is 1. The van der Waals surface area contributed by atoms with Crippen molar-refractivity contribution in [2.75, 3.05) is 33.9 Å².